The number of carbonyl (C=O) groups excluding carboxylic acids is 4. The van der Waals surface area contributed by atoms with Gasteiger partial charge >= 0.3 is 0 Å². The molecule has 6 atom stereocenters. The second-order valence-electron chi connectivity index (χ2n) is 16.0. The smallest absolute Gasteiger partial charge is 0.242 e. The van der Waals surface area contributed by atoms with E-state index < -0.39 is 35.0 Å². The predicted octanol–water partition coefficient (Wildman–Crippen LogP) is 9.15. The van der Waals surface area contributed by atoms with Gasteiger partial charge in [0.05, 0.1) is 33.7 Å². The lowest BCUT2D eigenvalue weighted by atomic mass is 9.51. The zero-order valence-corrected chi connectivity index (χ0v) is 33.4. The molecule has 58 heavy (non-hydrogen) atoms. The van der Waals surface area contributed by atoms with E-state index in [9.17, 15) is 19.5 Å². The van der Waals surface area contributed by atoms with Crippen molar-refractivity contribution in [1.82, 2.24) is 9.78 Å². The highest BCUT2D eigenvalue weighted by atomic mass is 35.5. The first kappa shape index (κ1) is 36.3. The number of aryl methyl sites for hydroxylation is 2. The third-order valence-corrected chi connectivity index (χ3v) is 14.4. The highest BCUT2D eigenvalue weighted by Crippen LogP contribution is 2.64. The molecule has 4 aliphatic rings. The number of para-hydroxylation sites is 1. The SMILES string of the molecule is Cc1c(-c2cc(N3C(=O)[C@@H]4C[C@@H]5C(=CC[C@@H]6C(=O)N(c7ccc(Nc8ccccc8)cc7)C(=O)[C@@H]65)[C@H](c5cccc(O)c5)[C@]4(C)C3=O)n(C)n2)sc2ccc(Cl)cc12. The Morgan fingerprint density at radius 2 is 1.60 bits per heavy atom. The molecule has 10 rings (SSSR count). The van der Waals surface area contributed by atoms with Crippen molar-refractivity contribution >= 4 is 79.5 Å². The first-order valence-corrected chi connectivity index (χ1v) is 20.5. The van der Waals surface area contributed by atoms with Crippen LogP contribution in [0.3, 0.4) is 0 Å². The van der Waals surface area contributed by atoms with Crippen LogP contribution in [0.1, 0.15) is 36.8 Å². The summed E-state index contributed by atoms with van der Waals surface area (Å²) in [5.74, 6) is -4.22. The number of nitrogens with zero attached hydrogens (tertiary/aromatic N) is 4. The quantitative estimate of drug-likeness (QED) is 0.127. The van der Waals surface area contributed by atoms with Crippen LogP contribution in [0.2, 0.25) is 5.02 Å². The topological polar surface area (TPSA) is 125 Å². The molecule has 12 heteroatoms. The predicted molar refractivity (Wildman–Crippen MR) is 225 cm³/mol. The van der Waals surface area contributed by atoms with Gasteiger partial charge in [-0.15, -0.1) is 11.3 Å². The Balaban J connectivity index is 1.02. The summed E-state index contributed by atoms with van der Waals surface area (Å²) >= 11 is 7.90. The molecule has 10 nitrogen and oxygen atoms in total. The number of amides is 4. The van der Waals surface area contributed by atoms with Crippen molar-refractivity contribution in [2.75, 3.05) is 15.1 Å². The maximum absolute atomic E-state index is 15.1. The summed E-state index contributed by atoms with van der Waals surface area (Å²) in [6, 6.07) is 31.3. The Morgan fingerprint density at radius 1 is 0.845 bits per heavy atom. The molecule has 2 aliphatic carbocycles. The third kappa shape index (κ3) is 5.33. The molecule has 2 aromatic heterocycles. The van der Waals surface area contributed by atoms with E-state index in [4.69, 9.17) is 16.7 Å². The van der Waals surface area contributed by atoms with E-state index in [2.05, 4.69) is 5.32 Å². The van der Waals surface area contributed by atoms with Crippen molar-refractivity contribution in [2.24, 2.45) is 36.1 Å². The third-order valence-electron chi connectivity index (χ3n) is 12.9. The summed E-state index contributed by atoms with van der Waals surface area (Å²) in [5, 5.41) is 20.5. The van der Waals surface area contributed by atoms with E-state index in [0.717, 1.165) is 37.5 Å². The van der Waals surface area contributed by atoms with E-state index in [1.165, 1.54) is 9.80 Å². The molecule has 0 spiro atoms. The Labute approximate surface area is 343 Å². The number of aromatic nitrogens is 2. The first-order chi connectivity index (χ1) is 27.9. The van der Waals surface area contributed by atoms with E-state index in [1.54, 1.807) is 59.5 Å². The molecule has 4 heterocycles. The summed E-state index contributed by atoms with van der Waals surface area (Å²) in [6.45, 7) is 3.85. The van der Waals surface area contributed by atoms with Crippen LogP contribution in [-0.4, -0.2) is 38.5 Å². The highest BCUT2D eigenvalue weighted by molar-refractivity contribution is 7.22. The second kappa shape index (κ2) is 13.3. The van der Waals surface area contributed by atoms with Gasteiger partial charge in [0.25, 0.3) is 0 Å². The number of allylic oxidation sites excluding steroid dienone is 2. The van der Waals surface area contributed by atoms with Gasteiger partial charge in [-0.25, -0.2) is 4.90 Å². The summed E-state index contributed by atoms with van der Waals surface area (Å²) in [4.78, 5) is 62.3. The van der Waals surface area contributed by atoms with Crippen molar-refractivity contribution in [2.45, 2.75) is 32.6 Å². The van der Waals surface area contributed by atoms with Crippen molar-refractivity contribution in [3.63, 3.8) is 0 Å². The minimum atomic E-state index is -1.26. The number of aromatic hydroxyl groups is 1. The van der Waals surface area contributed by atoms with Crippen LogP contribution >= 0.6 is 22.9 Å². The van der Waals surface area contributed by atoms with E-state index in [-0.39, 0.29) is 35.8 Å². The van der Waals surface area contributed by atoms with Crippen molar-refractivity contribution < 1.29 is 24.3 Å². The largest absolute Gasteiger partial charge is 0.508 e. The monoisotopic (exact) mass is 807 g/mol. The Hall–Kier alpha value is -6.04. The number of hydrogen-bond acceptors (Lipinski definition) is 8. The fourth-order valence-corrected chi connectivity index (χ4v) is 11.5. The van der Waals surface area contributed by atoms with E-state index in [0.29, 0.717) is 34.2 Å². The maximum atomic E-state index is 15.1. The molecule has 0 radical (unpaired) electrons. The lowest BCUT2D eigenvalue weighted by Gasteiger charge is -2.49. The summed E-state index contributed by atoms with van der Waals surface area (Å²) in [5.41, 5.74) is 4.11. The Kier molecular flexibility index (Phi) is 8.30. The van der Waals surface area contributed by atoms with Crippen LogP contribution in [0.4, 0.5) is 22.9 Å². The minimum Gasteiger partial charge on any atom is -0.508 e. The van der Waals surface area contributed by atoms with Crippen LogP contribution in [0.5, 0.6) is 5.75 Å². The number of nitrogens with one attached hydrogen (secondary N) is 1. The zero-order chi connectivity index (χ0) is 40.2. The highest BCUT2D eigenvalue weighted by Gasteiger charge is 2.68. The molecule has 4 aromatic carbocycles. The molecular formula is C46H38ClN5O5S. The molecule has 290 valence electrons. The Bertz CT molecular complexity index is 2760. The van der Waals surface area contributed by atoms with Crippen LogP contribution in [0, 0.1) is 36.0 Å². The number of imide groups is 2. The average Bonchev–Trinajstić information content (AvgIpc) is 3.88. The molecule has 1 saturated carbocycles. The van der Waals surface area contributed by atoms with Gasteiger partial charge in [-0.2, -0.15) is 5.10 Å². The fourth-order valence-electron chi connectivity index (χ4n) is 10.2. The molecule has 4 amide bonds. The number of rotatable bonds is 6. The molecule has 2 N–H and O–H groups in total. The number of anilines is 4. The minimum absolute atomic E-state index is 0.0300. The van der Waals surface area contributed by atoms with Gasteiger partial charge in [-0.05, 0) is 116 Å². The molecule has 0 bridgehead atoms. The summed E-state index contributed by atoms with van der Waals surface area (Å²) in [7, 11) is 1.73. The van der Waals surface area contributed by atoms with Crippen molar-refractivity contribution in [1.29, 1.82) is 0 Å². The average molecular weight is 808 g/mol. The van der Waals surface area contributed by atoms with Gasteiger partial charge in [0.15, 0.2) is 0 Å². The summed E-state index contributed by atoms with van der Waals surface area (Å²) in [6.07, 6.45) is 2.55. The molecule has 2 saturated heterocycles. The van der Waals surface area contributed by atoms with Crippen molar-refractivity contribution in [3.8, 4) is 16.3 Å². The molecular weight excluding hydrogens is 770 g/mol. The van der Waals surface area contributed by atoms with Gasteiger partial charge in [-0.1, -0.05) is 53.6 Å². The lowest BCUT2D eigenvalue weighted by molar-refractivity contribution is -0.131. The number of hydrogen-bond donors (Lipinski definition) is 2. The standard InChI is InChI=1S/C46H38ClN5O5S/c1-24-33-21-26(47)12-19-37(33)58-41(24)36-23-38(50(3)49-36)52-43(55)35-22-34-31(40(46(35,2)45(52)57)25-8-7-11-30(53)20-25)17-18-32-39(34)44(56)51(42(32)54)29-15-13-28(14-16-29)48-27-9-5-4-6-10-27/h4-17,19-21,23,32,34-35,39-40,48,53H,18,22H2,1-3H3/t32-,34+,35-,39-,40-,46+/m0/s1. The van der Waals surface area contributed by atoms with Crippen LogP contribution in [0.25, 0.3) is 20.7 Å². The maximum Gasteiger partial charge on any atom is 0.242 e. The molecule has 6 aromatic rings. The van der Waals surface area contributed by atoms with Gasteiger partial charge < -0.3 is 10.4 Å². The van der Waals surface area contributed by atoms with E-state index >= 15 is 4.79 Å². The lowest BCUT2D eigenvalue weighted by Crippen LogP contribution is -2.48. The van der Waals surface area contributed by atoms with Crippen molar-refractivity contribution in [3.05, 3.63) is 131 Å². The number of carbonyl (C=O) groups is 4. The first-order valence-electron chi connectivity index (χ1n) is 19.3. The number of thiophene rings is 1. The van der Waals surface area contributed by atoms with Crippen LogP contribution in [0.15, 0.2) is 115 Å². The van der Waals surface area contributed by atoms with Crippen LogP contribution in [-0.2, 0) is 26.2 Å². The number of benzene rings is 4. The molecule has 0 unspecified atom stereocenters. The van der Waals surface area contributed by atoms with Gasteiger partial charge in [-0.3, -0.25) is 28.8 Å². The zero-order valence-electron chi connectivity index (χ0n) is 31.8. The number of phenolic OH excluding ortho intramolecular Hbond substituents is 1. The van der Waals surface area contributed by atoms with Gasteiger partial charge in [0.1, 0.15) is 17.3 Å². The normalized spacial score (nSPS) is 25.2. The second-order valence-corrected chi connectivity index (χ2v) is 17.5. The molecule has 3 fully saturated rings. The summed E-state index contributed by atoms with van der Waals surface area (Å²) < 4.78 is 2.63. The number of phenols is 1. The van der Waals surface area contributed by atoms with Crippen LogP contribution < -0.4 is 15.1 Å². The van der Waals surface area contributed by atoms with E-state index in [1.807, 2.05) is 86.7 Å². The number of fused-ring (bicyclic) bond motifs is 5. The van der Waals surface area contributed by atoms with Gasteiger partial charge in [0, 0.05) is 40.1 Å². The molecule has 2 aliphatic heterocycles. The fraction of sp³-hybridized carbons (Fsp3) is 0.239. The van der Waals surface area contributed by atoms with Gasteiger partial charge in [0.2, 0.25) is 23.6 Å². The Morgan fingerprint density at radius 3 is 2.36 bits per heavy atom. The number of halogens is 1.